The van der Waals surface area contributed by atoms with E-state index >= 15 is 0 Å². The molecule has 0 aliphatic heterocycles. The van der Waals surface area contributed by atoms with Gasteiger partial charge in [-0.05, 0) is 82.9 Å². The largest absolute Gasteiger partial charge is 0.308 e. The number of rotatable bonds is 6. The van der Waals surface area contributed by atoms with Crippen LogP contribution in [0.25, 0.3) is 83.9 Å². The Morgan fingerprint density at radius 1 is 0.426 bits per heavy atom. The van der Waals surface area contributed by atoms with Crippen LogP contribution in [0.4, 0.5) is 4.39 Å². The van der Waals surface area contributed by atoms with E-state index in [9.17, 15) is 14.9 Å². The summed E-state index contributed by atoms with van der Waals surface area (Å²) < 4.78 is 16.3. The van der Waals surface area contributed by atoms with Gasteiger partial charge in [-0.3, -0.25) is 0 Å². The molecule has 252 valence electrons. The third-order valence-corrected chi connectivity index (χ3v) is 9.55. The number of aromatic nitrogens is 4. The topological polar surface area (TPSA) is 91.2 Å². The zero-order valence-corrected chi connectivity index (χ0v) is 28.6. The Bertz CT molecular complexity index is 2870. The molecule has 9 aromatic rings. The Morgan fingerprint density at radius 2 is 0.963 bits per heavy atom. The summed E-state index contributed by atoms with van der Waals surface area (Å²) in [5, 5.41) is 21.4. The highest BCUT2D eigenvalue weighted by Gasteiger charge is 2.21. The van der Waals surface area contributed by atoms with Crippen molar-refractivity contribution in [3.63, 3.8) is 0 Å². The maximum Gasteiger partial charge on any atom is 0.166 e. The Morgan fingerprint density at radius 3 is 1.61 bits per heavy atom. The average molecular weight is 695 g/mol. The van der Waals surface area contributed by atoms with E-state index in [-0.39, 0.29) is 5.82 Å². The van der Waals surface area contributed by atoms with Gasteiger partial charge in [0.25, 0.3) is 0 Å². The van der Waals surface area contributed by atoms with E-state index in [2.05, 4.69) is 47.0 Å². The molecule has 0 saturated carbocycles. The van der Waals surface area contributed by atoms with E-state index < -0.39 is 0 Å². The molecule has 0 bridgehead atoms. The Kier molecular flexibility index (Phi) is 8.00. The van der Waals surface area contributed by atoms with Crippen molar-refractivity contribution in [1.82, 2.24) is 19.5 Å². The summed E-state index contributed by atoms with van der Waals surface area (Å²) in [5.74, 6) is 1.30. The van der Waals surface area contributed by atoms with Crippen LogP contribution in [-0.2, 0) is 0 Å². The smallest absolute Gasteiger partial charge is 0.166 e. The first kappa shape index (κ1) is 32.2. The predicted octanol–water partition coefficient (Wildman–Crippen LogP) is 11.2. The molecule has 9 rings (SSSR count). The normalized spacial score (nSPS) is 11.0. The molecule has 0 fully saturated rings. The highest BCUT2D eigenvalue weighted by atomic mass is 19.1. The van der Waals surface area contributed by atoms with Gasteiger partial charge in [0, 0.05) is 27.5 Å². The third kappa shape index (κ3) is 5.82. The van der Waals surface area contributed by atoms with Crippen molar-refractivity contribution < 1.29 is 4.39 Å². The van der Waals surface area contributed by atoms with Crippen LogP contribution >= 0.6 is 0 Å². The molecule has 0 spiro atoms. The molecule has 54 heavy (non-hydrogen) atoms. The highest BCUT2D eigenvalue weighted by Crippen LogP contribution is 2.40. The summed E-state index contributed by atoms with van der Waals surface area (Å²) in [5.41, 5.74) is 9.54. The molecular weight excluding hydrogens is 668 g/mol. The Labute approximate surface area is 310 Å². The number of hydrogen-bond acceptors (Lipinski definition) is 5. The number of nitriles is 2. The van der Waals surface area contributed by atoms with Crippen molar-refractivity contribution >= 4 is 21.8 Å². The minimum Gasteiger partial charge on any atom is -0.308 e. The van der Waals surface area contributed by atoms with Crippen LogP contribution in [0.15, 0.2) is 164 Å². The van der Waals surface area contributed by atoms with Gasteiger partial charge in [0.2, 0.25) is 0 Å². The zero-order chi connectivity index (χ0) is 36.6. The minimum absolute atomic E-state index is 0.303. The molecule has 0 atom stereocenters. The lowest BCUT2D eigenvalue weighted by molar-refractivity contribution is 0.628. The first-order valence-corrected chi connectivity index (χ1v) is 17.3. The van der Waals surface area contributed by atoms with Gasteiger partial charge in [-0.2, -0.15) is 10.5 Å². The maximum atomic E-state index is 14.1. The molecule has 0 radical (unpaired) electrons. The van der Waals surface area contributed by atoms with Gasteiger partial charge in [0.05, 0.1) is 40.0 Å². The van der Waals surface area contributed by atoms with Crippen LogP contribution < -0.4 is 0 Å². The lowest BCUT2D eigenvalue weighted by atomic mass is 9.99. The van der Waals surface area contributed by atoms with E-state index in [1.54, 1.807) is 30.3 Å². The van der Waals surface area contributed by atoms with Gasteiger partial charge in [-0.1, -0.05) is 103 Å². The second-order valence-electron chi connectivity index (χ2n) is 12.9. The van der Waals surface area contributed by atoms with E-state index in [0.29, 0.717) is 28.6 Å². The van der Waals surface area contributed by atoms with Gasteiger partial charge in [0.15, 0.2) is 17.5 Å². The number of halogens is 1. The van der Waals surface area contributed by atoms with E-state index in [4.69, 9.17) is 15.0 Å². The van der Waals surface area contributed by atoms with Gasteiger partial charge >= 0.3 is 0 Å². The lowest BCUT2D eigenvalue weighted by Gasteiger charge is -2.16. The fourth-order valence-corrected chi connectivity index (χ4v) is 6.99. The van der Waals surface area contributed by atoms with Crippen molar-refractivity contribution in [3.05, 3.63) is 181 Å². The molecular formula is C47H27FN6. The first-order chi connectivity index (χ1) is 26.6. The molecule has 0 N–H and O–H groups in total. The second kappa shape index (κ2) is 13.4. The quantitative estimate of drug-likeness (QED) is 0.173. The van der Waals surface area contributed by atoms with Crippen LogP contribution in [0.3, 0.4) is 0 Å². The molecule has 2 heterocycles. The minimum atomic E-state index is -0.303. The summed E-state index contributed by atoms with van der Waals surface area (Å²) >= 11 is 0. The summed E-state index contributed by atoms with van der Waals surface area (Å²) in [6, 6.07) is 56.4. The molecule has 7 heteroatoms. The molecule has 0 amide bonds. The zero-order valence-electron chi connectivity index (χ0n) is 28.6. The van der Waals surface area contributed by atoms with Gasteiger partial charge < -0.3 is 4.57 Å². The SMILES string of the molecule is N#Cc1cc(C#N)cc(-c2ccc3c(c2)c2ccccc2n3-c2cc(-c3ccc(F)cc3)ccc2-c2nc(-c3ccccc3)nc(-c3ccccc3)n2)c1. The predicted molar refractivity (Wildman–Crippen MR) is 211 cm³/mol. The van der Waals surface area contributed by atoms with E-state index in [1.807, 2.05) is 91.0 Å². The third-order valence-electron chi connectivity index (χ3n) is 9.55. The van der Waals surface area contributed by atoms with Gasteiger partial charge in [0.1, 0.15) is 5.82 Å². The molecule has 2 aromatic heterocycles. The standard InChI is InChI=1S/C47H27FN6/c48-38-19-15-32(16-20-38)36-17-21-40(47-52-45(33-9-3-1-4-10-33)51-46(53-47)34-11-5-2-6-12-34)44(27-36)54-42-14-8-7-13-39(42)41-26-35(18-22-43(41)54)37-24-30(28-49)23-31(25-37)29-50/h1-27H. The fourth-order valence-electron chi connectivity index (χ4n) is 6.99. The van der Waals surface area contributed by atoms with Crippen LogP contribution in [0.1, 0.15) is 11.1 Å². The van der Waals surface area contributed by atoms with E-state index in [1.165, 1.54) is 12.1 Å². The van der Waals surface area contributed by atoms with Crippen molar-refractivity contribution in [3.8, 4) is 74.2 Å². The van der Waals surface area contributed by atoms with Gasteiger partial charge in [-0.25, -0.2) is 19.3 Å². The van der Waals surface area contributed by atoms with Crippen LogP contribution in [0.5, 0.6) is 0 Å². The first-order valence-electron chi connectivity index (χ1n) is 17.3. The summed E-state index contributed by atoms with van der Waals surface area (Å²) in [4.78, 5) is 15.1. The number of hydrogen-bond donors (Lipinski definition) is 0. The Hall–Kier alpha value is -7.74. The second-order valence-corrected chi connectivity index (χ2v) is 12.9. The number of nitrogens with zero attached hydrogens (tertiary/aromatic N) is 6. The van der Waals surface area contributed by atoms with Crippen molar-refractivity contribution in [1.29, 1.82) is 10.5 Å². The maximum absolute atomic E-state index is 14.1. The number of benzene rings is 7. The van der Waals surface area contributed by atoms with Crippen molar-refractivity contribution in [2.24, 2.45) is 0 Å². The van der Waals surface area contributed by atoms with Crippen LogP contribution in [-0.4, -0.2) is 19.5 Å². The van der Waals surface area contributed by atoms with Crippen molar-refractivity contribution in [2.45, 2.75) is 0 Å². The molecule has 0 unspecified atom stereocenters. The summed E-state index contributed by atoms with van der Waals surface area (Å²) in [6.07, 6.45) is 0. The molecule has 0 aliphatic carbocycles. The molecule has 0 aliphatic rings. The van der Waals surface area contributed by atoms with Crippen LogP contribution in [0.2, 0.25) is 0 Å². The van der Waals surface area contributed by atoms with Crippen molar-refractivity contribution in [2.75, 3.05) is 0 Å². The molecule has 7 aromatic carbocycles. The Balaban J connectivity index is 1.33. The average Bonchev–Trinajstić information content (AvgIpc) is 3.57. The molecule has 0 saturated heterocycles. The van der Waals surface area contributed by atoms with Gasteiger partial charge in [-0.15, -0.1) is 0 Å². The lowest BCUT2D eigenvalue weighted by Crippen LogP contribution is -2.04. The monoisotopic (exact) mass is 694 g/mol. The number of para-hydroxylation sites is 1. The fraction of sp³-hybridized carbons (Fsp3) is 0. The van der Waals surface area contributed by atoms with E-state index in [0.717, 1.165) is 66.4 Å². The summed E-state index contributed by atoms with van der Waals surface area (Å²) in [6.45, 7) is 0. The highest BCUT2D eigenvalue weighted by molar-refractivity contribution is 6.11. The molecule has 6 nitrogen and oxygen atoms in total. The van der Waals surface area contributed by atoms with Crippen LogP contribution in [0, 0.1) is 28.5 Å². The number of fused-ring (bicyclic) bond motifs is 3. The summed E-state index contributed by atoms with van der Waals surface area (Å²) in [7, 11) is 0.